The van der Waals surface area contributed by atoms with Crippen molar-refractivity contribution in [2.45, 2.75) is 44.9 Å². The van der Waals surface area contributed by atoms with E-state index >= 15 is 0 Å². The van der Waals surface area contributed by atoms with E-state index in [1.165, 1.54) is 6.92 Å². The average Bonchev–Trinajstić information content (AvgIpc) is 3.32. The molecule has 1 saturated heterocycles. The third-order valence-corrected chi connectivity index (χ3v) is 6.15. The van der Waals surface area contributed by atoms with Crippen molar-refractivity contribution in [3.05, 3.63) is 71.4 Å². The highest BCUT2D eigenvalue weighted by Crippen LogP contribution is 2.33. The standard InChI is InChI=1S/C26H30N2O4/c1-19(29)28-13-12-21-8-3-4-11-24(21)25(28)16-26(30)27(18-23-10-6-14-32-23)17-20-7-5-9-22(15-20)31-2/h3-5,7-9,11-13,15,23,25H,6,10,14,16-18H2,1-2H3/t23-,25+/m0/s1. The van der Waals surface area contributed by atoms with Gasteiger partial charge in [0.1, 0.15) is 5.75 Å². The van der Waals surface area contributed by atoms with Crippen LogP contribution in [0.15, 0.2) is 54.7 Å². The SMILES string of the molecule is COc1cccc(CN(C[C@@H]2CCCO2)C(=O)C[C@@H]2c3ccccc3C=CN2C(C)=O)c1. The Hall–Kier alpha value is -3.12. The molecule has 0 N–H and O–H groups in total. The monoisotopic (exact) mass is 434 g/mol. The molecule has 0 saturated carbocycles. The van der Waals surface area contributed by atoms with E-state index in [-0.39, 0.29) is 30.4 Å². The lowest BCUT2D eigenvalue weighted by molar-refractivity contribution is -0.136. The summed E-state index contributed by atoms with van der Waals surface area (Å²) in [5, 5.41) is 0. The van der Waals surface area contributed by atoms with E-state index in [1.54, 1.807) is 18.2 Å². The molecule has 32 heavy (non-hydrogen) atoms. The summed E-state index contributed by atoms with van der Waals surface area (Å²) in [6.45, 7) is 3.29. The Labute approximate surface area is 189 Å². The number of methoxy groups -OCH3 is 1. The predicted octanol–water partition coefficient (Wildman–Crippen LogP) is 4.17. The first-order valence-corrected chi connectivity index (χ1v) is 11.1. The van der Waals surface area contributed by atoms with Gasteiger partial charge in [0.2, 0.25) is 11.8 Å². The molecule has 0 unspecified atom stereocenters. The van der Waals surface area contributed by atoms with Crippen molar-refractivity contribution >= 4 is 17.9 Å². The maximum absolute atomic E-state index is 13.6. The van der Waals surface area contributed by atoms with Crippen molar-refractivity contribution in [3.63, 3.8) is 0 Å². The molecule has 2 amide bonds. The number of carbonyl (C=O) groups is 2. The van der Waals surface area contributed by atoms with Crippen LogP contribution in [0.5, 0.6) is 5.75 Å². The summed E-state index contributed by atoms with van der Waals surface area (Å²) in [7, 11) is 1.64. The minimum Gasteiger partial charge on any atom is -0.497 e. The molecule has 1 fully saturated rings. The van der Waals surface area contributed by atoms with Crippen LogP contribution in [0.3, 0.4) is 0 Å². The van der Waals surface area contributed by atoms with Crippen LogP contribution in [0, 0.1) is 0 Å². The smallest absolute Gasteiger partial charge is 0.225 e. The molecule has 2 heterocycles. The predicted molar refractivity (Wildman–Crippen MR) is 123 cm³/mol. The fourth-order valence-corrected chi connectivity index (χ4v) is 4.49. The molecule has 6 nitrogen and oxygen atoms in total. The normalized spacial score (nSPS) is 19.5. The van der Waals surface area contributed by atoms with Crippen LogP contribution in [-0.4, -0.2) is 48.0 Å². The second-order valence-electron chi connectivity index (χ2n) is 8.35. The molecule has 4 rings (SSSR count). The van der Waals surface area contributed by atoms with E-state index in [9.17, 15) is 9.59 Å². The number of amides is 2. The van der Waals surface area contributed by atoms with Gasteiger partial charge in [0.25, 0.3) is 0 Å². The van der Waals surface area contributed by atoms with E-state index < -0.39 is 0 Å². The number of fused-ring (bicyclic) bond motifs is 1. The summed E-state index contributed by atoms with van der Waals surface area (Å²) in [6.07, 6.45) is 5.96. The molecule has 6 heteroatoms. The molecule has 2 atom stereocenters. The summed E-state index contributed by atoms with van der Waals surface area (Å²) in [6, 6.07) is 15.4. The minimum absolute atomic E-state index is 0.00433. The topological polar surface area (TPSA) is 59.1 Å². The highest BCUT2D eigenvalue weighted by molar-refractivity contribution is 5.82. The van der Waals surface area contributed by atoms with E-state index in [4.69, 9.17) is 9.47 Å². The number of hydrogen-bond donors (Lipinski definition) is 0. The Morgan fingerprint density at radius 3 is 2.78 bits per heavy atom. The second kappa shape index (κ2) is 10.0. The Kier molecular flexibility index (Phi) is 6.90. The fraction of sp³-hybridized carbons (Fsp3) is 0.385. The molecule has 2 aliphatic rings. The highest BCUT2D eigenvalue weighted by atomic mass is 16.5. The maximum atomic E-state index is 13.6. The van der Waals surface area contributed by atoms with Gasteiger partial charge in [-0.05, 0) is 47.7 Å². The Bertz CT molecular complexity index is 997. The van der Waals surface area contributed by atoms with E-state index in [0.29, 0.717) is 13.1 Å². The lowest BCUT2D eigenvalue weighted by atomic mass is 9.93. The highest BCUT2D eigenvalue weighted by Gasteiger charge is 2.31. The number of rotatable bonds is 7. The fourth-order valence-electron chi connectivity index (χ4n) is 4.49. The lowest BCUT2D eigenvalue weighted by Gasteiger charge is -2.34. The molecule has 0 radical (unpaired) electrons. The molecule has 2 aromatic carbocycles. The number of carbonyl (C=O) groups excluding carboxylic acids is 2. The zero-order valence-electron chi connectivity index (χ0n) is 18.7. The number of ether oxygens (including phenoxy) is 2. The van der Waals surface area contributed by atoms with Crippen molar-refractivity contribution in [1.82, 2.24) is 9.80 Å². The van der Waals surface area contributed by atoms with Gasteiger partial charge in [0, 0.05) is 32.8 Å². The summed E-state index contributed by atoms with van der Waals surface area (Å²) in [4.78, 5) is 29.5. The van der Waals surface area contributed by atoms with Gasteiger partial charge < -0.3 is 19.3 Å². The van der Waals surface area contributed by atoms with Crippen LogP contribution in [-0.2, 0) is 20.9 Å². The molecular formula is C26H30N2O4. The Balaban J connectivity index is 1.57. The number of nitrogens with zero attached hydrogens (tertiary/aromatic N) is 2. The number of hydrogen-bond acceptors (Lipinski definition) is 4. The van der Waals surface area contributed by atoms with Gasteiger partial charge in [-0.2, -0.15) is 0 Å². The molecule has 168 valence electrons. The van der Waals surface area contributed by atoms with Gasteiger partial charge in [0.15, 0.2) is 0 Å². The van der Waals surface area contributed by atoms with Crippen molar-refractivity contribution in [3.8, 4) is 5.75 Å². The Morgan fingerprint density at radius 1 is 1.19 bits per heavy atom. The van der Waals surface area contributed by atoms with Gasteiger partial charge in [-0.15, -0.1) is 0 Å². The molecule has 2 aromatic rings. The number of benzene rings is 2. The first kappa shape index (κ1) is 22.1. The second-order valence-corrected chi connectivity index (χ2v) is 8.35. The first-order valence-electron chi connectivity index (χ1n) is 11.1. The summed E-state index contributed by atoms with van der Waals surface area (Å²) in [5.74, 6) is 0.692. The van der Waals surface area contributed by atoms with Crippen LogP contribution < -0.4 is 4.74 Å². The van der Waals surface area contributed by atoms with Crippen LogP contribution >= 0.6 is 0 Å². The van der Waals surface area contributed by atoms with Crippen LogP contribution in [0.2, 0.25) is 0 Å². The van der Waals surface area contributed by atoms with Crippen LogP contribution in [0.4, 0.5) is 0 Å². The molecule has 0 aromatic heterocycles. The molecule has 0 spiro atoms. The van der Waals surface area contributed by atoms with Crippen molar-refractivity contribution in [2.75, 3.05) is 20.3 Å². The van der Waals surface area contributed by atoms with E-state index in [2.05, 4.69) is 0 Å². The van der Waals surface area contributed by atoms with E-state index in [0.717, 1.165) is 41.9 Å². The summed E-state index contributed by atoms with van der Waals surface area (Å²) >= 11 is 0. The van der Waals surface area contributed by atoms with Gasteiger partial charge in [-0.25, -0.2) is 0 Å². The molecule has 0 bridgehead atoms. The quantitative estimate of drug-likeness (QED) is 0.656. The van der Waals surface area contributed by atoms with Gasteiger partial charge in [0.05, 0.1) is 25.7 Å². The van der Waals surface area contributed by atoms with Crippen molar-refractivity contribution in [2.24, 2.45) is 0 Å². The van der Waals surface area contributed by atoms with Gasteiger partial charge in [-0.1, -0.05) is 36.4 Å². The van der Waals surface area contributed by atoms with Crippen molar-refractivity contribution in [1.29, 1.82) is 0 Å². The van der Waals surface area contributed by atoms with Crippen molar-refractivity contribution < 1.29 is 19.1 Å². The summed E-state index contributed by atoms with van der Waals surface area (Å²) < 4.78 is 11.2. The van der Waals surface area contributed by atoms with Gasteiger partial charge in [-0.3, -0.25) is 9.59 Å². The Morgan fingerprint density at radius 2 is 2.03 bits per heavy atom. The first-order chi connectivity index (χ1) is 15.5. The van der Waals surface area contributed by atoms with Crippen LogP contribution in [0.25, 0.3) is 6.08 Å². The van der Waals surface area contributed by atoms with Gasteiger partial charge >= 0.3 is 0 Å². The molecule has 0 aliphatic carbocycles. The lowest BCUT2D eigenvalue weighted by Crippen LogP contribution is -2.40. The maximum Gasteiger partial charge on any atom is 0.225 e. The minimum atomic E-state index is -0.321. The van der Waals surface area contributed by atoms with E-state index in [1.807, 2.05) is 59.5 Å². The third kappa shape index (κ3) is 5.02. The third-order valence-electron chi connectivity index (χ3n) is 6.15. The zero-order chi connectivity index (χ0) is 22.5. The largest absolute Gasteiger partial charge is 0.497 e. The van der Waals surface area contributed by atoms with Crippen LogP contribution in [0.1, 0.15) is 48.9 Å². The average molecular weight is 435 g/mol. The molecular weight excluding hydrogens is 404 g/mol. The zero-order valence-corrected chi connectivity index (χ0v) is 18.7. The summed E-state index contributed by atoms with van der Waals surface area (Å²) in [5.41, 5.74) is 3.04. The molecule has 2 aliphatic heterocycles.